The molecule has 124 valence electrons. The molecule has 3 heterocycles. The zero-order chi connectivity index (χ0) is 15.4. The number of carbonyl (C=O) groups is 2. The molecular weight excluding hydrogens is 300 g/mol. The molecule has 2 amide bonds. The highest BCUT2D eigenvalue weighted by Gasteiger charge is 2.30. The van der Waals surface area contributed by atoms with Gasteiger partial charge in [-0.05, 0) is 25.9 Å². The quantitative estimate of drug-likeness (QED) is 0.776. The number of hydrogen-bond acceptors (Lipinski definition) is 5. The Morgan fingerprint density at radius 1 is 1.00 bits per heavy atom. The summed E-state index contributed by atoms with van der Waals surface area (Å²) >= 11 is 1.77. The van der Waals surface area contributed by atoms with Gasteiger partial charge in [0.1, 0.15) is 0 Å². The third-order valence-corrected chi connectivity index (χ3v) is 5.74. The molecule has 22 heavy (non-hydrogen) atoms. The summed E-state index contributed by atoms with van der Waals surface area (Å²) < 4.78 is 0. The number of carbonyl (C=O) groups excluding carboxylic acids is 2. The zero-order valence-electron chi connectivity index (χ0n) is 13.1. The maximum absolute atomic E-state index is 12.3. The average Bonchev–Trinajstić information content (AvgIpc) is 3.25. The standard InChI is InChI=1S/C15H26N4O2S/c20-14(3-6-17-4-1-2-5-17)18-7-9-19(10-8-18)15(21)13-11-22-12-16-13/h13,16H,1-12H2. The summed E-state index contributed by atoms with van der Waals surface area (Å²) in [5.41, 5.74) is 0. The van der Waals surface area contributed by atoms with Gasteiger partial charge in [-0.2, -0.15) is 0 Å². The lowest BCUT2D eigenvalue weighted by Gasteiger charge is -2.36. The maximum Gasteiger partial charge on any atom is 0.240 e. The highest BCUT2D eigenvalue weighted by atomic mass is 32.2. The second-order valence-corrected chi connectivity index (χ2v) is 7.31. The SMILES string of the molecule is O=C(CCN1CCCC1)N1CCN(C(=O)C2CSCN2)CC1. The fourth-order valence-corrected chi connectivity index (χ4v) is 4.30. The van der Waals surface area contributed by atoms with E-state index in [1.165, 1.54) is 12.8 Å². The van der Waals surface area contributed by atoms with E-state index in [0.717, 1.165) is 31.3 Å². The minimum Gasteiger partial charge on any atom is -0.339 e. The van der Waals surface area contributed by atoms with Crippen LogP contribution in [-0.2, 0) is 9.59 Å². The number of hydrogen-bond donors (Lipinski definition) is 1. The van der Waals surface area contributed by atoms with Crippen molar-refractivity contribution in [1.82, 2.24) is 20.0 Å². The first-order valence-electron chi connectivity index (χ1n) is 8.34. The van der Waals surface area contributed by atoms with Gasteiger partial charge >= 0.3 is 0 Å². The molecule has 0 bridgehead atoms. The largest absolute Gasteiger partial charge is 0.339 e. The molecular formula is C15H26N4O2S. The Kier molecular flexibility index (Phi) is 5.60. The molecule has 6 nitrogen and oxygen atoms in total. The minimum absolute atomic E-state index is 0.0255. The fourth-order valence-electron chi connectivity index (χ4n) is 3.37. The van der Waals surface area contributed by atoms with Crippen LogP contribution in [0.25, 0.3) is 0 Å². The molecule has 0 aromatic carbocycles. The van der Waals surface area contributed by atoms with E-state index in [1.807, 2.05) is 9.80 Å². The van der Waals surface area contributed by atoms with Crippen LogP contribution in [0.1, 0.15) is 19.3 Å². The molecule has 0 aromatic rings. The van der Waals surface area contributed by atoms with E-state index in [-0.39, 0.29) is 17.9 Å². The second kappa shape index (κ2) is 7.66. The molecule has 3 fully saturated rings. The van der Waals surface area contributed by atoms with Gasteiger partial charge in [0, 0.05) is 50.8 Å². The second-order valence-electron chi connectivity index (χ2n) is 6.28. The molecule has 1 atom stereocenters. The summed E-state index contributed by atoms with van der Waals surface area (Å²) in [5.74, 6) is 2.18. The van der Waals surface area contributed by atoms with Gasteiger partial charge < -0.3 is 14.7 Å². The van der Waals surface area contributed by atoms with E-state index in [2.05, 4.69) is 10.2 Å². The summed E-state index contributed by atoms with van der Waals surface area (Å²) in [5, 5.41) is 3.22. The summed E-state index contributed by atoms with van der Waals surface area (Å²) in [7, 11) is 0. The molecule has 0 saturated carbocycles. The van der Waals surface area contributed by atoms with Crippen LogP contribution < -0.4 is 5.32 Å². The molecule has 0 radical (unpaired) electrons. The molecule has 3 rings (SSSR count). The normalized spacial score (nSPS) is 26.6. The van der Waals surface area contributed by atoms with Gasteiger partial charge in [0.25, 0.3) is 0 Å². The lowest BCUT2D eigenvalue weighted by molar-refractivity contribution is -0.140. The monoisotopic (exact) mass is 326 g/mol. The van der Waals surface area contributed by atoms with E-state index in [1.54, 1.807) is 11.8 Å². The first-order chi connectivity index (χ1) is 10.7. The molecule has 3 saturated heterocycles. The Morgan fingerprint density at radius 2 is 1.68 bits per heavy atom. The van der Waals surface area contributed by atoms with E-state index in [0.29, 0.717) is 32.6 Å². The Balaban J connectivity index is 1.38. The van der Waals surface area contributed by atoms with Crippen molar-refractivity contribution in [2.45, 2.75) is 25.3 Å². The van der Waals surface area contributed by atoms with Crippen LogP contribution in [0.15, 0.2) is 0 Å². The number of likely N-dealkylation sites (tertiary alicyclic amines) is 1. The molecule has 0 aromatic heterocycles. The van der Waals surface area contributed by atoms with Crippen molar-refractivity contribution >= 4 is 23.6 Å². The molecule has 1 N–H and O–H groups in total. The van der Waals surface area contributed by atoms with Crippen LogP contribution in [0.3, 0.4) is 0 Å². The van der Waals surface area contributed by atoms with E-state index in [4.69, 9.17) is 0 Å². The van der Waals surface area contributed by atoms with Crippen LogP contribution in [-0.4, -0.2) is 90.0 Å². The van der Waals surface area contributed by atoms with Gasteiger partial charge in [0.2, 0.25) is 11.8 Å². The smallest absolute Gasteiger partial charge is 0.240 e. The highest BCUT2D eigenvalue weighted by Crippen LogP contribution is 2.14. The molecule has 3 aliphatic rings. The van der Waals surface area contributed by atoms with Gasteiger partial charge in [-0.1, -0.05) is 0 Å². The summed E-state index contributed by atoms with van der Waals surface area (Å²) in [6, 6.07) is -0.0255. The number of piperazine rings is 1. The van der Waals surface area contributed by atoms with Crippen molar-refractivity contribution in [2.24, 2.45) is 0 Å². The van der Waals surface area contributed by atoms with Crippen molar-refractivity contribution in [1.29, 1.82) is 0 Å². The molecule has 1 unspecified atom stereocenters. The Labute approximate surface area is 136 Å². The minimum atomic E-state index is -0.0255. The average molecular weight is 326 g/mol. The van der Waals surface area contributed by atoms with Gasteiger partial charge in [-0.15, -0.1) is 11.8 Å². The molecule has 7 heteroatoms. The van der Waals surface area contributed by atoms with Gasteiger partial charge in [-0.25, -0.2) is 0 Å². The third-order valence-electron chi connectivity index (χ3n) is 4.80. The number of nitrogens with zero attached hydrogens (tertiary/aromatic N) is 3. The van der Waals surface area contributed by atoms with Crippen molar-refractivity contribution in [3.63, 3.8) is 0 Å². The van der Waals surface area contributed by atoms with Gasteiger partial charge in [-0.3, -0.25) is 14.9 Å². The Bertz CT molecular complexity index is 400. The van der Waals surface area contributed by atoms with Crippen LogP contribution in [0.4, 0.5) is 0 Å². The Morgan fingerprint density at radius 3 is 2.32 bits per heavy atom. The van der Waals surface area contributed by atoms with Crippen molar-refractivity contribution in [3.05, 3.63) is 0 Å². The van der Waals surface area contributed by atoms with Crippen LogP contribution in [0.5, 0.6) is 0 Å². The van der Waals surface area contributed by atoms with Gasteiger partial charge in [0.15, 0.2) is 0 Å². The molecule has 0 aliphatic carbocycles. The van der Waals surface area contributed by atoms with Crippen LogP contribution >= 0.6 is 11.8 Å². The fraction of sp³-hybridized carbons (Fsp3) is 0.867. The van der Waals surface area contributed by atoms with E-state index >= 15 is 0 Å². The first-order valence-corrected chi connectivity index (χ1v) is 9.49. The highest BCUT2D eigenvalue weighted by molar-refractivity contribution is 7.99. The number of rotatable bonds is 4. The predicted octanol–water partition coefficient (Wildman–Crippen LogP) is -0.194. The summed E-state index contributed by atoms with van der Waals surface area (Å²) in [6.45, 7) is 5.90. The van der Waals surface area contributed by atoms with Crippen LogP contribution in [0, 0.1) is 0 Å². The predicted molar refractivity (Wildman–Crippen MR) is 87.7 cm³/mol. The lowest BCUT2D eigenvalue weighted by atomic mass is 10.2. The van der Waals surface area contributed by atoms with E-state index in [9.17, 15) is 9.59 Å². The first kappa shape index (κ1) is 16.1. The molecule has 3 aliphatic heterocycles. The molecule has 0 spiro atoms. The number of amides is 2. The third kappa shape index (κ3) is 3.94. The van der Waals surface area contributed by atoms with Gasteiger partial charge in [0.05, 0.1) is 6.04 Å². The number of thioether (sulfide) groups is 1. The van der Waals surface area contributed by atoms with Crippen molar-refractivity contribution in [3.8, 4) is 0 Å². The van der Waals surface area contributed by atoms with E-state index < -0.39 is 0 Å². The summed E-state index contributed by atoms with van der Waals surface area (Å²) in [4.78, 5) is 30.8. The van der Waals surface area contributed by atoms with Crippen LogP contribution in [0.2, 0.25) is 0 Å². The maximum atomic E-state index is 12.3. The number of nitrogens with one attached hydrogen (secondary N) is 1. The van der Waals surface area contributed by atoms with Crippen molar-refractivity contribution < 1.29 is 9.59 Å². The lowest BCUT2D eigenvalue weighted by Crippen LogP contribution is -2.54. The zero-order valence-corrected chi connectivity index (χ0v) is 13.9. The van der Waals surface area contributed by atoms with Crippen molar-refractivity contribution in [2.75, 3.05) is 57.4 Å². The Hall–Kier alpha value is -0.790. The summed E-state index contributed by atoms with van der Waals surface area (Å²) in [6.07, 6.45) is 3.15. The topological polar surface area (TPSA) is 55.9 Å².